The molecule has 36 heavy (non-hydrogen) atoms. The number of aromatic nitrogens is 5. The second kappa shape index (κ2) is 10.7. The third-order valence-corrected chi connectivity index (χ3v) is 6.26. The van der Waals surface area contributed by atoms with Gasteiger partial charge >= 0.3 is 0 Å². The van der Waals surface area contributed by atoms with Gasteiger partial charge in [0.15, 0.2) is 0 Å². The fourth-order valence-electron chi connectivity index (χ4n) is 4.25. The Morgan fingerprint density at radius 3 is 2.33 bits per heavy atom. The number of nitrogens with zero attached hydrogens (tertiary/aromatic N) is 8. The molecule has 0 aliphatic carbocycles. The minimum Gasteiger partial charge on any atom is -0.389 e. The standard InChI is InChI=1S/C23H27F2N9O.ClH/c1-15-16(12-27-34(15)23-29-21(26)28-22(30-23)33-13-20(35)14-33)3-2-4-31-5-7-32(8-6-31)19-10-17(24)9-18(25)11-19;/h2-3,9-12,20,35H,4-8,13-14H2,1H3,(H2,26,28,29,30);1H. The molecule has 3 N–H and O–H groups in total. The highest BCUT2D eigenvalue weighted by Crippen LogP contribution is 2.21. The summed E-state index contributed by atoms with van der Waals surface area (Å²) in [7, 11) is 0. The van der Waals surface area contributed by atoms with Crippen LogP contribution in [0.3, 0.4) is 0 Å². The molecule has 0 radical (unpaired) electrons. The number of nitrogens with two attached hydrogens (primary N) is 1. The topological polar surface area (TPSA) is 112 Å². The highest BCUT2D eigenvalue weighted by atomic mass is 35.5. The summed E-state index contributed by atoms with van der Waals surface area (Å²) in [5.41, 5.74) is 8.24. The van der Waals surface area contributed by atoms with Crippen LogP contribution >= 0.6 is 12.4 Å². The van der Waals surface area contributed by atoms with Gasteiger partial charge in [-0.05, 0) is 19.1 Å². The molecule has 2 aromatic heterocycles. The Balaban J connectivity index is 0.00000304. The van der Waals surface area contributed by atoms with Crippen molar-refractivity contribution in [3.05, 3.63) is 53.4 Å². The van der Waals surface area contributed by atoms with Crippen molar-refractivity contribution in [2.45, 2.75) is 13.0 Å². The van der Waals surface area contributed by atoms with E-state index < -0.39 is 11.6 Å². The maximum absolute atomic E-state index is 13.5. The number of benzene rings is 1. The Morgan fingerprint density at radius 2 is 1.67 bits per heavy atom. The second-order valence-corrected chi connectivity index (χ2v) is 8.77. The Kier molecular flexibility index (Phi) is 7.67. The van der Waals surface area contributed by atoms with E-state index in [2.05, 4.69) is 31.0 Å². The molecular weight excluding hydrogens is 492 g/mol. The lowest BCUT2D eigenvalue weighted by atomic mass is 10.2. The fraction of sp³-hybridized carbons (Fsp3) is 0.391. The lowest BCUT2D eigenvalue weighted by molar-refractivity contribution is 0.140. The summed E-state index contributed by atoms with van der Waals surface area (Å²) in [5, 5.41) is 14.0. The van der Waals surface area contributed by atoms with E-state index >= 15 is 0 Å². The number of hydrogen-bond acceptors (Lipinski definition) is 9. The number of aliphatic hydroxyl groups excluding tert-OH is 1. The van der Waals surface area contributed by atoms with Gasteiger partial charge in [0.05, 0.1) is 18.0 Å². The van der Waals surface area contributed by atoms with Crippen LogP contribution in [0.5, 0.6) is 0 Å². The molecule has 0 atom stereocenters. The van der Waals surface area contributed by atoms with Gasteiger partial charge in [-0.3, -0.25) is 4.90 Å². The van der Waals surface area contributed by atoms with Crippen molar-refractivity contribution in [2.24, 2.45) is 0 Å². The highest BCUT2D eigenvalue weighted by molar-refractivity contribution is 5.85. The first-order chi connectivity index (χ1) is 16.9. The maximum atomic E-state index is 13.5. The Hall–Kier alpha value is -3.35. The molecule has 3 aromatic rings. The fourth-order valence-corrected chi connectivity index (χ4v) is 4.25. The number of anilines is 3. The molecule has 0 bridgehead atoms. The highest BCUT2D eigenvalue weighted by Gasteiger charge is 2.28. The number of nitrogen functional groups attached to an aromatic ring is 1. The van der Waals surface area contributed by atoms with Crippen molar-refractivity contribution in [3.63, 3.8) is 0 Å². The zero-order valence-corrected chi connectivity index (χ0v) is 20.6. The summed E-state index contributed by atoms with van der Waals surface area (Å²) in [6, 6.07) is 3.63. The second-order valence-electron chi connectivity index (χ2n) is 8.77. The Bertz CT molecular complexity index is 1220. The third-order valence-electron chi connectivity index (χ3n) is 6.26. The molecule has 1 aromatic carbocycles. The van der Waals surface area contributed by atoms with Gasteiger partial charge in [-0.1, -0.05) is 12.2 Å². The van der Waals surface area contributed by atoms with E-state index in [1.165, 1.54) is 12.1 Å². The number of hydrogen-bond donors (Lipinski definition) is 2. The van der Waals surface area contributed by atoms with Gasteiger partial charge in [0.2, 0.25) is 11.9 Å². The molecule has 2 aliphatic rings. The van der Waals surface area contributed by atoms with Crippen molar-refractivity contribution in [1.82, 2.24) is 29.6 Å². The average Bonchev–Trinajstić information content (AvgIpc) is 3.16. The van der Waals surface area contributed by atoms with Crippen LogP contribution in [-0.2, 0) is 0 Å². The monoisotopic (exact) mass is 519 g/mol. The van der Waals surface area contributed by atoms with Crippen LogP contribution < -0.4 is 15.5 Å². The van der Waals surface area contributed by atoms with Crippen molar-refractivity contribution < 1.29 is 13.9 Å². The van der Waals surface area contributed by atoms with E-state index in [-0.39, 0.29) is 24.5 Å². The molecular formula is C23H28ClF2N9O. The number of β-amino-alcohol motifs (C(OH)–C–C–N with tert-alkyl or cyclic N) is 1. The summed E-state index contributed by atoms with van der Waals surface area (Å²) in [6.45, 7) is 6.57. The molecule has 2 saturated heterocycles. The minimum atomic E-state index is -0.559. The lowest BCUT2D eigenvalue weighted by Crippen LogP contribution is -2.51. The van der Waals surface area contributed by atoms with Gasteiger partial charge < -0.3 is 20.6 Å². The van der Waals surface area contributed by atoms with Crippen molar-refractivity contribution >= 4 is 36.1 Å². The summed E-state index contributed by atoms with van der Waals surface area (Å²) < 4.78 is 28.7. The third kappa shape index (κ3) is 5.55. The summed E-state index contributed by atoms with van der Waals surface area (Å²) in [5.74, 6) is -0.271. The first kappa shape index (κ1) is 25.7. The predicted molar refractivity (Wildman–Crippen MR) is 136 cm³/mol. The first-order valence-electron chi connectivity index (χ1n) is 11.5. The van der Waals surface area contributed by atoms with Crippen LogP contribution in [0.25, 0.3) is 12.0 Å². The average molecular weight is 520 g/mol. The van der Waals surface area contributed by atoms with E-state index in [1.807, 2.05) is 22.8 Å². The Morgan fingerprint density at radius 1 is 1.00 bits per heavy atom. The molecule has 13 heteroatoms. The van der Waals surface area contributed by atoms with Crippen LogP contribution in [-0.4, -0.2) is 86.7 Å². The van der Waals surface area contributed by atoms with Gasteiger partial charge in [-0.25, -0.2) is 13.5 Å². The minimum absolute atomic E-state index is 0. The molecule has 10 nitrogen and oxygen atoms in total. The van der Waals surface area contributed by atoms with E-state index in [4.69, 9.17) is 5.73 Å². The van der Waals surface area contributed by atoms with Crippen LogP contribution in [0.15, 0.2) is 30.5 Å². The molecule has 2 aliphatic heterocycles. The number of rotatable bonds is 6. The van der Waals surface area contributed by atoms with E-state index in [0.717, 1.165) is 37.0 Å². The molecule has 2 fully saturated rings. The molecule has 0 spiro atoms. The zero-order valence-electron chi connectivity index (χ0n) is 19.8. The van der Waals surface area contributed by atoms with Gasteiger partial charge in [0.1, 0.15) is 11.6 Å². The van der Waals surface area contributed by atoms with Crippen LogP contribution in [0.1, 0.15) is 11.3 Å². The zero-order chi connectivity index (χ0) is 24.5. The van der Waals surface area contributed by atoms with Gasteiger partial charge in [0.25, 0.3) is 5.95 Å². The largest absolute Gasteiger partial charge is 0.389 e. The molecule has 0 unspecified atom stereocenters. The molecule has 192 valence electrons. The summed E-state index contributed by atoms with van der Waals surface area (Å²) in [6.07, 6.45) is 5.44. The van der Waals surface area contributed by atoms with Gasteiger partial charge in [-0.2, -0.15) is 20.1 Å². The van der Waals surface area contributed by atoms with Crippen LogP contribution in [0, 0.1) is 18.6 Å². The van der Waals surface area contributed by atoms with Crippen molar-refractivity contribution in [3.8, 4) is 5.95 Å². The van der Waals surface area contributed by atoms with E-state index in [1.54, 1.807) is 10.9 Å². The lowest BCUT2D eigenvalue weighted by Gasteiger charge is -2.35. The SMILES string of the molecule is Cc1c(C=CCN2CCN(c3cc(F)cc(F)c3)CC2)cnn1-c1nc(N)nc(N2CC(O)C2)n1.Cl. The van der Waals surface area contributed by atoms with Crippen molar-refractivity contribution in [2.75, 3.05) is 61.3 Å². The van der Waals surface area contributed by atoms with Crippen molar-refractivity contribution in [1.29, 1.82) is 0 Å². The number of aliphatic hydroxyl groups is 1. The predicted octanol–water partition coefficient (Wildman–Crippen LogP) is 1.66. The van der Waals surface area contributed by atoms with Gasteiger partial charge in [0, 0.05) is 63.1 Å². The van der Waals surface area contributed by atoms with E-state index in [0.29, 0.717) is 43.8 Å². The van der Waals surface area contributed by atoms with Gasteiger partial charge in [-0.15, -0.1) is 12.4 Å². The van der Waals surface area contributed by atoms with Crippen LogP contribution in [0.2, 0.25) is 0 Å². The molecule has 4 heterocycles. The molecule has 5 rings (SSSR count). The maximum Gasteiger partial charge on any atom is 0.257 e. The van der Waals surface area contributed by atoms with Crippen LogP contribution in [0.4, 0.5) is 26.4 Å². The molecule has 0 saturated carbocycles. The summed E-state index contributed by atoms with van der Waals surface area (Å²) >= 11 is 0. The van der Waals surface area contributed by atoms with E-state index in [9.17, 15) is 13.9 Å². The molecule has 0 amide bonds. The number of piperazine rings is 1. The normalized spacial score (nSPS) is 16.9. The smallest absolute Gasteiger partial charge is 0.257 e. The quantitative estimate of drug-likeness (QED) is 0.502. The Labute approximate surface area is 213 Å². The summed E-state index contributed by atoms with van der Waals surface area (Å²) in [4.78, 5) is 18.9. The number of halogens is 3. The first-order valence-corrected chi connectivity index (χ1v) is 11.5.